The van der Waals surface area contributed by atoms with Gasteiger partial charge < -0.3 is 19.1 Å². The molecule has 0 saturated carbocycles. The fourth-order valence-electron chi connectivity index (χ4n) is 3.38. The van der Waals surface area contributed by atoms with E-state index in [0.717, 1.165) is 29.0 Å². The van der Waals surface area contributed by atoms with Crippen LogP contribution < -0.4 is 9.64 Å². The third kappa shape index (κ3) is 2.79. The molecule has 0 radical (unpaired) electrons. The van der Waals surface area contributed by atoms with Crippen molar-refractivity contribution >= 4 is 11.6 Å². The molecule has 2 aromatic rings. The Morgan fingerprint density at radius 2 is 1.92 bits per heavy atom. The number of anilines is 1. The maximum Gasteiger partial charge on any atom is 0.292 e. The van der Waals surface area contributed by atoms with Gasteiger partial charge in [-0.3, -0.25) is 4.79 Å². The van der Waals surface area contributed by atoms with Crippen LogP contribution in [-0.2, 0) is 20.1 Å². The first kappa shape index (κ1) is 16.1. The van der Waals surface area contributed by atoms with Gasteiger partial charge in [0.25, 0.3) is 11.7 Å². The van der Waals surface area contributed by atoms with Crippen molar-refractivity contribution in [3.63, 3.8) is 0 Å². The molecule has 25 heavy (non-hydrogen) atoms. The highest BCUT2D eigenvalue weighted by molar-refractivity contribution is 6.06. The van der Waals surface area contributed by atoms with Crippen molar-refractivity contribution < 1.29 is 19.0 Å². The number of rotatable bonds is 4. The van der Waals surface area contributed by atoms with Crippen LogP contribution in [0.3, 0.4) is 0 Å². The average Bonchev–Trinajstić information content (AvgIpc) is 2.86. The molecule has 2 aliphatic heterocycles. The minimum absolute atomic E-state index is 0.166. The molecule has 5 nitrogen and oxygen atoms in total. The van der Waals surface area contributed by atoms with Crippen molar-refractivity contribution in [1.82, 2.24) is 0 Å². The number of ether oxygens (including phenoxy) is 3. The van der Waals surface area contributed by atoms with Crippen LogP contribution in [0.1, 0.15) is 17.5 Å². The monoisotopic (exact) mass is 339 g/mol. The summed E-state index contributed by atoms with van der Waals surface area (Å²) in [5.74, 6) is -0.640. The molecular weight excluding hydrogens is 318 g/mol. The summed E-state index contributed by atoms with van der Waals surface area (Å²) < 4.78 is 17.5. The number of amides is 1. The molecule has 2 aliphatic rings. The Labute approximate surface area is 147 Å². The van der Waals surface area contributed by atoms with Gasteiger partial charge in [-0.1, -0.05) is 30.3 Å². The van der Waals surface area contributed by atoms with Gasteiger partial charge in [0.15, 0.2) is 0 Å². The molecule has 0 aromatic heterocycles. The van der Waals surface area contributed by atoms with Crippen LogP contribution in [0.2, 0.25) is 0 Å². The first-order valence-corrected chi connectivity index (χ1v) is 8.59. The molecule has 4 rings (SSSR count). The summed E-state index contributed by atoms with van der Waals surface area (Å²) in [5.41, 5.74) is 2.76. The summed E-state index contributed by atoms with van der Waals surface area (Å²) in [6.07, 6.45) is 0.799. The van der Waals surface area contributed by atoms with Crippen LogP contribution >= 0.6 is 0 Å². The van der Waals surface area contributed by atoms with Gasteiger partial charge in [0.2, 0.25) is 0 Å². The van der Waals surface area contributed by atoms with E-state index < -0.39 is 5.79 Å². The Hall–Kier alpha value is -2.37. The summed E-state index contributed by atoms with van der Waals surface area (Å²) in [5, 5.41) is 0. The third-order valence-electron chi connectivity index (χ3n) is 4.55. The lowest BCUT2D eigenvalue weighted by Gasteiger charge is -2.32. The van der Waals surface area contributed by atoms with Gasteiger partial charge in [0, 0.05) is 5.56 Å². The molecule has 1 fully saturated rings. The SMILES string of the molecule is Cc1cccc(OCCN2C(=O)C3(OCCCO3)c3ccccc32)c1. The maximum atomic E-state index is 13.1. The number of fused-ring (bicyclic) bond motifs is 2. The number of benzene rings is 2. The summed E-state index contributed by atoms with van der Waals surface area (Å²) in [6.45, 7) is 3.91. The molecule has 0 aliphatic carbocycles. The summed E-state index contributed by atoms with van der Waals surface area (Å²) in [7, 11) is 0. The van der Waals surface area contributed by atoms with E-state index in [0.29, 0.717) is 26.4 Å². The zero-order valence-electron chi connectivity index (χ0n) is 14.2. The fraction of sp³-hybridized carbons (Fsp3) is 0.350. The molecule has 2 aromatic carbocycles. The predicted octanol–water partition coefficient (Wildman–Crippen LogP) is 3.01. The Bertz CT molecular complexity index is 783. The summed E-state index contributed by atoms with van der Waals surface area (Å²) in [4.78, 5) is 14.8. The van der Waals surface area contributed by atoms with E-state index in [2.05, 4.69) is 0 Å². The molecule has 1 spiro atoms. The van der Waals surface area contributed by atoms with Gasteiger partial charge in [-0.05, 0) is 37.1 Å². The van der Waals surface area contributed by atoms with Gasteiger partial charge in [-0.25, -0.2) is 0 Å². The molecule has 0 N–H and O–H groups in total. The molecule has 5 heteroatoms. The van der Waals surface area contributed by atoms with E-state index in [1.807, 2.05) is 55.5 Å². The Morgan fingerprint density at radius 1 is 1.12 bits per heavy atom. The van der Waals surface area contributed by atoms with Gasteiger partial charge in [0.1, 0.15) is 12.4 Å². The second kappa shape index (κ2) is 6.50. The van der Waals surface area contributed by atoms with Crippen LogP contribution in [-0.4, -0.2) is 32.3 Å². The number of carbonyl (C=O) groups is 1. The second-order valence-electron chi connectivity index (χ2n) is 6.31. The number of hydrogen-bond donors (Lipinski definition) is 0. The van der Waals surface area contributed by atoms with Crippen molar-refractivity contribution in [3.05, 3.63) is 59.7 Å². The number of aryl methyl sites for hydroxylation is 1. The van der Waals surface area contributed by atoms with E-state index >= 15 is 0 Å². The lowest BCUT2D eigenvalue weighted by molar-refractivity contribution is -0.256. The zero-order valence-corrected chi connectivity index (χ0v) is 14.2. The van der Waals surface area contributed by atoms with Crippen LogP contribution in [0.15, 0.2) is 48.5 Å². The van der Waals surface area contributed by atoms with Crippen molar-refractivity contribution in [2.45, 2.75) is 19.1 Å². The summed E-state index contributed by atoms with van der Waals surface area (Å²) in [6, 6.07) is 15.5. The smallest absolute Gasteiger partial charge is 0.292 e. The lowest BCUT2D eigenvalue weighted by atomic mass is 10.1. The quantitative estimate of drug-likeness (QED) is 0.859. The van der Waals surface area contributed by atoms with Crippen LogP contribution in [0.5, 0.6) is 5.75 Å². The van der Waals surface area contributed by atoms with E-state index in [-0.39, 0.29) is 5.91 Å². The van der Waals surface area contributed by atoms with E-state index in [1.165, 1.54) is 0 Å². The molecular formula is C20H21NO4. The standard InChI is InChI=1S/C20H21NO4/c1-15-6-4-7-16(14-15)23-13-10-21-18-9-3-2-8-17(18)20(19(21)22)24-11-5-12-25-20/h2-4,6-9,14H,5,10-13H2,1H3. The normalized spacial score (nSPS) is 18.4. The second-order valence-corrected chi connectivity index (χ2v) is 6.31. The number of hydrogen-bond acceptors (Lipinski definition) is 4. The first-order valence-electron chi connectivity index (χ1n) is 8.59. The highest BCUT2D eigenvalue weighted by Gasteiger charge is 2.54. The molecule has 0 unspecified atom stereocenters. The van der Waals surface area contributed by atoms with Crippen LogP contribution in [0.25, 0.3) is 0 Å². The topological polar surface area (TPSA) is 48.0 Å². The number of para-hydroxylation sites is 1. The molecule has 2 heterocycles. The van der Waals surface area contributed by atoms with Crippen molar-refractivity contribution in [2.75, 3.05) is 31.3 Å². The van der Waals surface area contributed by atoms with Gasteiger partial charge in [0.05, 0.1) is 25.4 Å². The van der Waals surface area contributed by atoms with Crippen molar-refractivity contribution in [2.24, 2.45) is 0 Å². The van der Waals surface area contributed by atoms with Crippen LogP contribution in [0.4, 0.5) is 5.69 Å². The Kier molecular flexibility index (Phi) is 4.19. The van der Waals surface area contributed by atoms with Gasteiger partial charge >= 0.3 is 0 Å². The van der Waals surface area contributed by atoms with Crippen molar-refractivity contribution in [3.8, 4) is 5.75 Å². The van der Waals surface area contributed by atoms with E-state index in [1.54, 1.807) is 4.90 Å². The first-order chi connectivity index (χ1) is 12.2. The molecule has 130 valence electrons. The predicted molar refractivity (Wildman–Crippen MR) is 93.7 cm³/mol. The van der Waals surface area contributed by atoms with Crippen LogP contribution in [0, 0.1) is 6.92 Å². The number of carbonyl (C=O) groups excluding carboxylic acids is 1. The Balaban J connectivity index is 1.53. The van der Waals surface area contributed by atoms with Crippen molar-refractivity contribution in [1.29, 1.82) is 0 Å². The highest BCUT2D eigenvalue weighted by Crippen LogP contribution is 2.44. The minimum atomic E-state index is -1.28. The molecule has 1 amide bonds. The van der Waals surface area contributed by atoms with Gasteiger partial charge in [-0.15, -0.1) is 0 Å². The summed E-state index contributed by atoms with van der Waals surface area (Å²) >= 11 is 0. The largest absolute Gasteiger partial charge is 0.492 e. The Morgan fingerprint density at radius 3 is 2.72 bits per heavy atom. The zero-order chi connectivity index (χ0) is 17.3. The van der Waals surface area contributed by atoms with E-state index in [9.17, 15) is 4.79 Å². The lowest BCUT2D eigenvalue weighted by Crippen LogP contribution is -2.48. The molecule has 1 saturated heterocycles. The maximum absolute atomic E-state index is 13.1. The highest BCUT2D eigenvalue weighted by atomic mass is 16.7. The molecule has 0 atom stereocenters. The number of nitrogens with zero attached hydrogens (tertiary/aromatic N) is 1. The average molecular weight is 339 g/mol. The van der Waals surface area contributed by atoms with E-state index in [4.69, 9.17) is 14.2 Å². The van der Waals surface area contributed by atoms with Gasteiger partial charge in [-0.2, -0.15) is 0 Å². The molecule has 0 bridgehead atoms. The fourth-order valence-corrected chi connectivity index (χ4v) is 3.38. The third-order valence-corrected chi connectivity index (χ3v) is 4.55. The minimum Gasteiger partial charge on any atom is -0.492 e.